The third-order valence-corrected chi connectivity index (χ3v) is 3.87. The van der Waals surface area contributed by atoms with E-state index < -0.39 is 6.03 Å². The second-order valence-corrected chi connectivity index (χ2v) is 5.72. The first-order valence-corrected chi connectivity index (χ1v) is 7.68. The van der Waals surface area contributed by atoms with Crippen molar-refractivity contribution in [2.24, 2.45) is 0 Å². The maximum Gasteiger partial charge on any atom is 0.321 e. The number of halogens is 1. The van der Waals surface area contributed by atoms with Crippen molar-refractivity contribution in [1.82, 2.24) is 15.5 Å². The van der Waals surface area contributed by atoms with E-state index in [2.05, 4.69) is 20.8 Å². The van der Waals surface area contributed by atoms with Gasteiger partial charge in [0.05, 0.1) is 12.6 Å². The molecular weight excluding hydrogens is 307 g/mol. The highest BCUT2D eigenvalue weighted by atomic mass is 32.1. The first-order valence-electron chi connectivity index (χ1n) is 6.86. The smallest absolute Gasteiger partial charge is 0.321 e. The van der Waals surface area contributed by atoms with Gasteiger partial charge in [0.2, 0.25) is 5.13 Å². The molecule has 1 aromatic carbocycles. The SMILES string of the molecule is CCC(CO)NC(=O)Nc1nnc(Cc2ccccc2F)s1. The molecule has 0 aliphatic heterocycles. The topological polar surface area (TPSA) is 87.1 Å². The average Bonchev–Trinajstić information content (AvgIpc) is 2.94. The second kappa shape index (κ2) is 7.81. The van der Waals surface area contributed by atoms with Gasteiger partial charge in [0.25, 0.3) is 0 Å². The fourth-order valence-electron chi connectivity index (χ4n) is 1.78. The number of benzene rings is 1. The van der Waals surface area contributed by atoms with Crippen LogP contribution in [-0.4, -0.2) is 34.0 Å². The zero-order chi connectivity index (χ0) is 15.9. The molecule has 22 heavy (non-hydrogen) atoms. The monoisotopic (exact) mass is 324 g/mol. The van der Waals surface area contributed by atoms with Crippen molar-refractivity contribution in [1.29, 1.82) is 0 Å². The minimum absolute atomic E-state index is 0.126. The number of aromatic nitrogens is 2. The minimum atomic E-state index is -0.450. The number of aliphatic hydroxyl groups excluding tert-OH is 1. The molecule has 2 rings (SSSR count). The molecule has 1 aromatic heterocycles. The fourth-order valence-corrected chi connectivity index (χ4v) is 2.53. The lowest BCUT2D eigenvalue weighted by atomic mass is 10.1. The fraction of sp³-hybridized carbons (Fsp3) is 0.357. The van der Waals surface area contributed by atoms with Crippen LogP contribution in [0.15, 0.2) is 24.3 Å². The number of hydrogen-bond donors (Lipinski definition) is 3. The Balaban J connectivity index is 1.94. The Hall–Kier alpha value is -2.06. The zero-order valence-corrected chi connectivity index (χ0v) is 12.9. The van der Waals surface area contributed by atoms with Gasteiger partial charge in [-0.25, -0.2) is 9.18 Å². The van der Waals surface area contributed by atoms with E-state index in [1.54, 1.807) is 18.2 Å². The molecule has 118 valence electrons. The number of hydrogen-bond acceptors (Lipinski definition) is 5. The molecular formula is C14H17FN4O2S. The van der Waals surface area contributed by atoms with Crippen LogP contribution in [0.1, 0.15) is 23.9 Å². The summed E-state index contributed by atoms with van der Waals surface area (Å²) in [4.78, 5) is 11.7. The van der Waals surface area contributed by atoms with Gasteiger partial charge in [-0.2, -0.15) is 0 Å². The number of carbonyl (C=O) groups is 1. The van der Waals surface area contributed by atoms with E-state index in [1.807, 2.05) is 6.92 Å². The summed E-state index contributed by atoms with van der Waals surface area (Å²) in [5.74, 6) is -0.293. The van der Waals surface area contributed by atoms with Crippen molar-refractivity contribution >= 4 is 22.5 Å². The standard InChI is InChI=1S/C14H17FN4O2S/c1-2-10(8-20)16-13(21)17-14-19-18-12(22-14)7-9-5-3-4-6-11(9)15/h3-6,10,20H,2,7-8H2,1H3,(H2,16,17,19,21). The largest absolute Gasteiger partial charge is 0.394 e. The van der Waals surface area contributed by atoms with Crippen LogP contribution < -0.4 is 10.6 Å². The molecule has 0 aliphatic carbocycles. The maximum absolute atomic E-state index is 13.6. The number of aliphatic hydroxyl groups is 1. The molecule has 1 atom stereocenters. The molecule has 2 aromatic rings. The second-order valence-electron chi connectivity index (χ2n) is 4.66. The van der Waals surface area contributed by atoms with Gasteiger partial charge in [0.15, 0.2) is 0 Å². The summed E-state index contributed by atoms with van der Waals surface area (Å²) in [6, 6.07) is 5.71. The lowest BCUT2D eigenvalue weighted by molar-refractivity contribution is 0.222. The third-order valence-electron chi connectivity index (χ3n) is 3.04. The molecule has 0 saturated carbocycles. The lowest BCUT2D eigenvalue weighted by Gasteiger charge is -2.13. The highest BCUT2D eigenvalue weighted by Crippen LogP contribution is 2.19. The van der Waals surface area contributed by atoms with E-state index in [4.69, 9.17) is 5.11 Å². The van der Waals surface area contributed by atoms with Crippen LogP contribution in [0, 0.1) is 5.82 Å². The summed E-state index contributed by atoms with van der Waals surface area (Å²) in [6.45, 7) is 1.73. The molecule has 1 heterocycles. The predicted octanol–water partition coefficient (Wildman–Crippen LogP) is 2.16. The van der Waals surface area contributed by atoms with Gasteiger partial charge in [-0.15, -0.1) is 10.2 Å². The molecule has 8 heteroatoms. The molecule has 0 spiro atoms. The van der Waals surface area contributed by atoms with Gasteiger partial charge in [-0.3, -0.25) is 5.32 Å². The van der Waals surface area contributed by atoms with Gasteiger partial charge in [0, 0.05) is 6.42 Å². The van der Waals surface area contributed by atoms with Crippen molar-refractivity contribution in [2.75, 3.05) is 11.9 Å². The van der Waals surface area contributed by atoms with E-state index in [-0.39, 0.29) is 18.5 Å². The summed E-state index contributed by atoms with van der Waals surface area (Å²) in [5.41, 5.74) is 0.529. The van der Waals surface area contributed by atoms with Gasteiger partial charge in [-0.05, 0) is 18.1 Å². The normalized spacial score (nSPS) is 12.0. The predicted molar refractivity (Wildman–Crippen MR) is 82.4 cm³/mol. The van der Waals surface area contributed by atoms with Crippen LogP contribution in [0.2, 0.25) is 0 Å². The number of amides is 2. The molecule has 3 N–H and O–H groups in total. The van der Waals surface area contributed by atoms with E-state index in [1.165, 1.54) is 17.4 Å². The molecule has 0 saturated heterocycles. The van der Waals surface area contributed by atoms with Gasteiger partial charge >= 0.3 is 6.03 Å². The van der Waals surface area contributed by atoms with Crippen molar-refractivity contribution in [3.8, 4) is 0 Å². The van der Waals surface area contributed by atoms with Crippen LogP contribution in [0.25, 0.3) is 0 Å². The lowest BCUT2D eigenvalue weighted by Crippen LogP contribution is -2.39. The first-order chi connectivity index (χ1) is 10.6. The van der Waals surface area contributed by atoms with Crippen LogP contribution in [-0.2, 0) is 6.42 Å². The summed E-state index contributed by atoms with van der Waals surface area (Å²) in [6.07, 6.45) is 0.945. The average molecular weight is 324 g/mol. The molecule has 6 nitrogen and oxygen atoms in total. The van der Waals surface area contributed by atoms with Gasteiger partial charge in [0.1, 0.15) is 10.8 Å². The van der Waals surface area contributed by atoms with E-state index in [9.17, 15) is 9.18 Å². The molecule has 2 amide bonds. The van der Waals surface area contributed by atoms with E-state index in [0.29, 0.717) is 28.5 Å². The summed E-state index contributed by atoms with van der Waals surface area (Å²) in [5, 5.41) is 22.9. The number of rotatable bonds is 6. The highest BCUT2D eigenvalue weighted by molar-refractivity contribution is 7.15. The molecule has 0 fully saturated rings. The van der Waals surface area contributed by atoms with Gasteiger partial charge in [-0.1, -0.05) is 36.5 Å². The van der Waals surface area contributed by atoms with Crippen molar-refractivity contribution in [3.05, 3.63) is 40.7 Å². The Labute approximate surface area is 131 Å². The Morgan fingerprint density at radius 2 is 2.18 bits per heavy atom. The number of nitrogens with one attached hydrogen (secondary N) is 2. The van der Waals surface area contributed by atoms with Crippen molar-refractivity contribution in [3.63, 3.8) is 0 Å². The number of urea groups is 1. The van der Waals surface area contributed by atoms with E-state index in [0.717, 1.165) is 0 Å². The summed E-state index contributed by atoms with van der Waals surface area (Å²) >= 11 is 1.18. The number of carbonyl (C=O) groups excluding carboxylic acids is 1. The maximum atomic E-state index is 13.6. The summed E-state index contributed by atoms with van der Waals surface area (Å²) in [7, 11) is 0. The minimum Gasteiger partial charge on any atom is -0.394 e. The van der Waals surface area contributed by atoms with Crippen LogP contribution >= 0.6 is 11.3 Å². The van der Waals surface area contributed by atoms with Crippen molar-refractivity contribution < 1.29 is 14.3 Å². The third kappa shape index (κ3) is 4.47. The Kier molecular flexibility index (Phi) is 5.79. The molecule has 1 unspecified atom stereocenters. The highest BCUT2D eigenvalue weighted by Gasteiger charge is 2.12. The Morgan fingerprint density at radius 3 is 2.86 bits per heavy atom. The number of nitrogens with zero attached hydrogens (tertiary/aromatic N) is 2. The van der Waals surface area contributed by atoms with E-state index >= 15 is 0 Å². The van der Waals surface area contributed by atoms with Crippen molar-refractivity contribution in [2.45, 2.75) is 25.8 Å². The molecule has 0 aliphatic rings. The van der Waals surface area contributed by atoms with Crippen LogP contribution in [0.4, 0.5) is 14.3 Å². The Morgan fingerprint density at radius 1 is 1.41 bits per heavy atom. The first kappa shape index (κ1) is 16.3. The van der Waals surface area contributed by atoms with Gasteiger partial charge < -0.3 is 10.4 Å². The summed E-state index contributed by atoms with van der Waals surface area (Å²) < 4.78 is 13.6. The quantitative estimate of drug-likeness (QED) is 0.760. The Bertz CT molecular complexity index is 631. The number of anilines is 1. The van der Waals surface area contributed by atoms with Crippen LogP contribution in [0.5, 0.6) is 0 Å². The van der Waals surface area contributed by atoms with Crippen LogP contribution in [0.3, 0.4) is 0 Å². The molecule has 0 bridgehead atoms. The molecule has 0 radical (unpaired) electrons. The zero-order valence-electron chi connectivity index (χ0n) is 12.0.